The normalized spacial score (nSPS) is 35.6. The van der Waals surface area contributed by atoms with Crippen molar-refractivity contribution >= 4 is 23.6 Å². The second kappa shape index (κ2) is 5.58. The minimum Gasteiger partial charge on any atom is -0.342 e. The zero-order valence-corrected chi connectivity index (χ0v) is 13.0. The Kier molecular flexibility index (Phi) is 3.98. The molecule has 112 valence electrons. The molecule has 4 nitrogen and oxygen atoms in total. The fraction of sp³-hybridized carbons (Fsp3) is 0.867. The molecule has 0 bridgehead atoms. The number of nitrogens with zero attached hydrogens (tertiary/aromatic N) is 1. The van der Waals surface area contributed by atoms with Crippen LogP contribution in [0.5, 0.6) is 0 Å². The summed E-state index contributed by atoms with van der Waals surface area (Å²) in [6.45, 7) is 3.34. The Hall–Kier alpha value is -0.710. The molecule has 2 heterocycles. The van der Waals surface area contributed by atoms with Crippen molar-refractivity contribution in [3.8, 4) is 0 Å². The van der Waals surface area contributed by atoms with Crippen molar-refractivity contribution in [1.82, 2.24) is 10.2 Å². The van der Waals surface area contributed by atoms with Crippen molar-refractivity contribution in [1.29, 1.82) is 0 Å². The summed E-state index contributed by atoms with van der Waals surface area (Å²) in [7, 11) is 0. The second-order valence-electron chi connectivity index (χ2n) is 6.51. The molecule has 1 aliphatic carbocycles. The van der Waals surface area contributed by atoms with E-state index in [1.54, 1.807) is 0 Å². The summed E-state index contributed by atoms with van der Waals surface area (Å²) in [5.74, 6) is 1.74. The van der Waals surface area contributed by atoms with E-state index in [1.807, 2.05) is 23.6 Å². The fourth-order valence-corrected chi connectivity index (χ4v) is 4.70. The van der Waals surface area contributed by atoms with Gasteiger partial charge in [0.1, 0.15) is 5.54 Å². The summed E-state index contributed by atoms with van der Waals surface area (Å²) in [6.07, 6.45) is 6.36. The lowest BCUT2D eigenvalue weighted by Crippen LogP contribution is -2.57. The molecule has 0 aromatic rings. The van der Waals surface area contributed by atoms with Crippen molar-refractivity contribution in [2.24, 2.45) is 5.92 Å². The molecule has 0 aromatic carbocycles. The molecule has 20 heavy (non-hydrogen) atoms. The van der Waals surface area contributed by atoms with E-state index in [-0.39, 0.29) is 11.8 Å². The molecule has 2 amide bonds. The van der Waals surface area contributed by atoms with Gasteiger partial charge in [-0.15, -0.1) is 0 Å². The number of hydrogen-bond acceptors (Lipinski definition) is 3. The number of thioether (sulfide) groups is 1. The van der Waals surface area contributed by atoms with Crippen LogP contribution in [0.15, 0.2) is 0 Å². The standard InChI is InChI=1S/C15H24N2O2S/c1-15(11-5-6-11)14(19)17(8-7-13(18)16-15)10-12-4-2-3-9-20-12/h11-12H,2-10H2,1H3,(H,16,18). The molecule has 3 fully saturated rings. The summed E-state index contributed by atoms with van der Waals surface area (Å²) in [4.78, 5) is 26.7. The van der Waals surface area contributed by atoms with Crippen LogP contribution < -0.4 is 5.32 Å². The van der Waals surface area contributed by atoms with Crippen molar-refractivity contribution in [2.75, 3.05) is 18.8 Å². The summed E-state index contributed by atoms with van der Waals surface area (Å²) in [5.41, 5.74) is -0.646. The highest BCUT2D eigenvalue weighted by atomic mass is 32.2. The SMILES string of the molecule is CC1(C2CC2)NC(=O)CCN(CC2CCCCS2)C1=O. The number of carbonyl (C=O) groups is 2. The van der Waals surface area contributed by atoms with Crippen LogP contribution in [0.4, 0.5) is 0 Å². The molecular formula is C15H24N2O2S. The molecule has 2 saturated heterocycles. The average Bonchev–Trinajstić information content (AvgIpc) is 3.28. The minimum atomic E-state index is -0.646. The molecule has 2 atom stereocenters. The third-order valence-electron chi connectivity index (χ3n) is 4.83. The first-order valence-electron chi connectivity index (χ1n) is 7.81. The Bertz CT molecular complexity index is 405. The van der Waals surface area contributed by atoms with E-state index in [0.717, 1.165) is 19.4 Å². The Morgan fingerprint density at radius 2 is 2.10 bits per heavy atom. The number of rotatable bonds is 3. The highest BCUT2D eigenvalue weighted by Gasteiger charge is 2.51. The number of carbonyl (C=O) groups excluding carboxylic acids is 2. The third-order valence-corrected chi connectivity index (χ3v) is 6.21. The second-order valence-corrected chi connectivity index (χ2v) is 7.92. The van der Waals surface area contributed by atoms with E-state index < -0.39 is 5.54 Å². The zero-order valence-electron chi connectivity index (χ0n) is 12.2. The Balaban J connectivity index is 1.72. The molecule has 3 aliphatic rings. The summed E-state index contributed by atoms with van der Waals surface area (Å²) in [6, 6.07) is 0. The molecule has 0 aromatic heterocycles. The van der Waals surface area contributed by atoms with Crippen LogP contribution in [-0.2, 0) is 9.59 Å². The minimum absolute atomic E-state index is 0.0338. The first-order chi connectivity index (χ1) is 9.59. The predicted octanol–water partition coefficient (Wildman–Crippen LogP) is 1.79. The number of amides is 2. The number of nitrogens with one attached hydrogen (secondary N) is 1. The maximum absolute atomic E-state index is 12.9. The first kappa shape index (κ1) is 14.2. The maximum atomic E-state index is 12.9. The van der Waals surface area contributed by atoms with E-state index in [4.69, 9.17) is 0 Å². The monoisotopic (exact) mass is 296 g/mol. The average molecular weight is 296 g/mol. The highest BCUT2D eigenvalue weighted by molar-refractivity contribution is 7.99. The van der Waals surface area contributed by atoms with Gasteiger partial charge >= 0.3 is 0 Å². The predicted molar refractivity (Wildman–Crippen MR) is 80.6 cm³/mol. The molecule has 1 N–H and O–H groups in total. The van der Waals surface area contributed by atoms with Crippen LogP contribution in [0, 0.1) is 5.92 Å². The largest absolute Gasteiger partial charge is 0.342 e. The Labute approximate surface area is 125 Å². The van der Waals surface area contributed by atoms with Crippen molar-refractivity contribution < 1.29 is 9.59 Å². The van der Waals surface area contributed by atoms with Crippen LogP contribution in [0.3, 0.4) is 0 Å². The molecule has 1 saturated carbocycles. The molecular weight excluding hydrogens is 272 g/mol. The van der Waals surface area contributed by atoms with Gasteiger partial charge in [-0.2, -0.15) is 11.8 Å². The van der Waals surface area contributed by atoms with Gasteiger partial charge in [0.15, 0.2) is 0 Å². The van der Waals surface area contributed by atoms with Crippen LogP contribution in [0.1, 0.15) is 45.4 Å². The van der Waals surface area contributed by atoms with E-state index >= 15 is 0 Å². The Morgan fingerprint density at radius 3 is 2.75 bits per heavy atom. The van der Waals surface area contributed by atoms with Gasteiger partial charge in [-0.1, -0.05) is 6.42 Å². The van der Waals surface area contributed by atoms with E-state index in [9.17, 15) is 9.59 Å². The van der Waals surface area contributed by atoms with Crippen molar-refractivity contribution in [3.05, 3.63) is 0 Å². The summed E-state index contributed by atoms with van der Waals surface area (Å²) in [5, 5.41) is 3.56. The lowest BCUT2D eigenvalue weighted by molar-refractivity contribution is -0.139. The van der Waals surface area contributed by atoms with Crippen LogP contribution >= 0.6 is 11.8 Å². The van der Waals surface area contributed by atoms with Crippen LogP contribution in [0.2, 0.25) is 0 Å². The molecule has 2 unspecified atom stereocenters. The van der Waals surface area contributed by atoms with Gasteiger partial charge in [0, 0.05) is 24.8 Å². The van der Waals surface area contributed by atoms with Gasteiger partial charge in [0.25, 0.3) is 0 Å². The van der Waals surface area contributed by atoms with Gasteiger partial charge in [-0.3, -0.25) is 9.59 Å². The van der Waals surface area contributed by atoms with Gasteiger partial charge in [-0.05, 0) is 44.3 Å². The number of hydrogen-bond donors (Lipinski definition) is 1. The fourth-order valence-electron chi connectivity index (χ4n) is 3.38. The molecule has 3 rings (SSSR count). The molecule has 2 aliphatic heterocycles. The third kappa shape index (κ3) is 2.83. The van der Waals surface area contributed by atoms with E-state index in [1.165, 1.54) is 25.0 Å². The van der Waals surface area contributed by atoms with Gasteiger partial charge in [0.2, 0.25) is 11.8 Å². The lowest BCUT2D eigenvalue weighted by atomic mass is 9.94. The highest BCUT2D eigenvalue weighted by Crippen LogP contribution is 2.41. The lowest BCUT2D eigenvalue weighted by Gasteiger charge is -2.34. The van der Waals surface area contributed by atoms with Gasteiger partial charge in [0.05, 0.1) is 0 Å². The molecule has 5 heteroatoms. The summed E-state index contributed by atoms with van der Waals surface area (Å²) < 4.78 is 0. The first-order valence-corrected chi connectivity index (χ1v) is 8.86. The van der Waals surface area contributed by atoms with E-state index in [2.05, 4.69) is 5.32 Å². The van der Waals surface area contributed by atoms with E-state index in [0.29, 0.717) is 24.1 Å². The van der Waals surface area contributed by atoms with Gasteiger partial charge in [-0.25, -0.2) is 0 Å². The Morgan fingerprint density at radius 1 is 1.30 bits per heavy atom. The summed E-state index contributed by atoms with van der Waals surface area (Å²) >= 11 is 1.99. The van der Waals surface area contributed by atoms with Gasteiger partial charge < -0.3 is 10.2 Å². The molecule has 0 radical (unpaired) electrons. The molecule has 0 spiro atoms. The quantitative estimate of drug-likeness (QED) is 0.864. The van der Waals surface area contributed by atoms with Crippen LogP contribution in [-0.4, -0.2) is 46.3 Å². The van der Waals surface area contributed by atoms with Crippen LogP contribution in [0.25, 0.3) is 0 Å². The smallest absolute Gasteiger partial charge is 0.248 e. The zero-order chi connectivity index (χ0) is 14.2. The van der Waals surface area contributed by atoms with Crippen molar-refractivity contribution in [2.45, 2.75) is 56.2 Å². The maximum Gasteiger partial charge on any atom is 0.248 e. The topological polar surface area (TPSA) is 49.4 Å². The van der Waals surface area contributed by atoms with Crippen molar-refractivity contribution in [3.63, 3.8) is 0 Å².